The molecule has 0 fully saturated rings. The number of ether oxygens (including phenoxy) is 2. The number of hydrogen-bond donors (Lipinski definition) is 1. The van der Waals surface area contributed by atoms with Crippen LogP contribution in [0.3, 0.4) is 0 Å². The molecule has 2 aromatic rings. The highest BCUT2D eigenvalue weighted by Gasteiger charge is 2.08. The van der Waals surface area contributed by atoms with Crippen molar-refractivity contribution in [3.05, 3.63) is 53.8 Å². The van der Waals surface area contributed by atoms with Crippen molar-refractivity contribution in [3.8, 4) is 11.5 Å². The average molecular weight is 392 g/mol. The molecule has 1 N–H and O–H groups in total. The van der Waals surface area contributed by atoms with Gasteiger partial charge in [-0.3, -0.25) is 4.79 Å². The van der Waals surface area contributed by atoms with E-state index in [0.29, 0.717) is 41.7 Å². The van der Waals surface area contributed by atoms with Gasteiger partial charge in [-0.05, 0) is 36.2 Å². The first-order valence-corrected chi connectivity index (χ1v) is 10.1. The lowest BCUT2D eigenvalue weighted by Crippen LogP contribution is -2.23. The van der Waals surface area contributed by atoms with Crippen molar-refractivity contribution in [3.63, 3.8) is 0 Å². The Morgan fingerprint density at radius 1 is 1.19 bits per heavy atom. The number of nitrogens with one attached hydrogen (secondary N) is 1. The standard InChI is InChI=1S/C21H26FNO3S/c1-3-4-12-26-18-10-9-16(14-19(18)25-2)15-23-21(24)11-13-27-20-8-6-5-7-17(20)22/h5-10,14H,3-4,11-13,15H2,1-2H3,(H,23,24). The summed E-state index contributed by atoms with van der Waals surface area (Å²) in [6, 6.07) is 12.2. The van der Waals surface area contributed by atoms with Gasteiger partial charge in [-0.15, -0.1) is 11.8 Å². The third-order valence-corrected chi connectivity index (χ3v) is 4.95. The molecule has 4 nitrogen and oxygen atoms in total. The van der Waals surface area contributed by atoms with Crippen molar-refractivity contribution in [1.82, 2.24) is 5.32 Å². The molecule has 0 heterocycles. The van der Waals surface area contributed by atoms with Crippen LogP contribution in [0.1, 0.15) is 31.7 Å². The molecule has 0 saturated carbocycles. The lowest BCUT2D eigenvalue weighted by Gasteiger charge is -2.12. The smallest absolute Gasteiger partial charge is 0.221 e. The summed E-state index contributed by atoms with van der Waals surface area (Å²) >= 11 is 1.34. The quantitative estimate of drug-likeness (QED) is 0.441. The number of rotatable bonds is 11. The number of unbranched alkanes of at least 4 members (excludes halogenated alkanes) is 1. The largest absolute Gasteiger partial charge is 0.493 e. The number of halogens is 1. The summed E-state index contributed by atoms with van der Waals surface area (Å²) in [7, 11) is 1.60. The third-order valence-electron chi connectivity index (χ3n) is 3.90. The summed E-state index contributed by atoms with van der Waals surface area (Å²) in [5.41, 5.74) is 0.935. The van der Waals surface area contributed by atoms with E-state index in [9.17, 15) is 9.18 Å². The van der Waals surface area contributed by atoms with Gasteiger partial charge in [0.05, 0.1) is 13.7 Å². The van der Waals surface area contributed by atoms with Crippen molar-refractivity contribution >= 4 is 17.7 Å². The van der Waals surface area contributed by atoms with Crippen LogP contribution >= 0.6 is 11.8 Å². The molecular weight excluding hydrogens is 365 g/mol. The molecule has 0 radical (unpaired) electrons. The maximum absolute atomic E-state index is 13.5. The summed E-state index contributed by atoms with van der Waals surface area (Å²) in [5.74, 6) is 1.58. The molecule has 146 valence electrons. The average Bonchev–Trinajstić information content (AvgIpc) is 2.68. The Hall–Kier alpha value is -2.21. The van der Waals surface area contributed by atoms with Crippen LogP contribution in [0.5, 0.6) is 11.5 Å². The Bertz CT molecular complexity index is 739. The van der Waals surface area contributed by atoms with Gasteiger partial charge >= 0.3 is 0 Å². The normalized spacial score (nSPS) is 10.5. The van der Waals surface area contributed by atoms with Gasteiger partial charge < -0.3 is 14.8 Å². The number of hydrogen-bond acceptors (Lipinski definition) is 4. The first-order chi connectivity index (χ1) is 13.1. The van der Waals surface area contributed by atoms with Crippen molar-refractivity contribution < 1.29 is 18.7 Å². The number of amides is 1. The zero-order chi connectivity index (χ0) is 19.5. The van der Waals surface area contributed by atoms with E-state index in [0.717, 1.165) is 18.4 Å². The lowest BCUT2D eigenvalue weighted by molar-refractivity contribution is -0.120. The molecule has 0 atom stereocenters. The summed E-state index contributed by atoms with van der Waals surface area (Å²) in [5, 5.41) is 2.88. The fraction of sp³-hybridized carbons (Fsp3) is 0.381. The molecule has 0 saturated heterocycles. The predicted octanol–water partition coefficient (Wildman–Crippen LogP) is 4.81. The van der Waals surface area contributed by atoms with E-state index < -0.39 is 0 Å². The van der Waals surface area contributed by atoms with Gasteiger partial charge in [-0.25, -0.2) is 4.39 Å². The first kappa shape index (κ1) is 21.1. The maximum atomic E-state index is 13.5. The van der Waals surface area contributed by atoms with Crippen LogP contribution in [-0.4, -0.2) is 25.4 Å². The lowest BCUT2D eigenvalue weighted by atomic mass is 10.2. The molecule has 0 unspecified atom stereocenters. The fourth-order valence-corrected chi connectivity index (χ4v) is 3.26. The third kappa shape index (κ3) is 7.13. The zero-order valence-electron chi connectivity index (χ0n) is 15.8. The molecule has 0 aliphatic carbocycles. The Labute approximate surface area is 164 Å². The van der Waals surface area contributed by atoms with Gasteiger partial charge in [0, 0.05) is 23.6 Å². The van der Waals surface area contributed by atoms with Gasteiger partial charge in [-0.1, -0.05) is 31.5 Å². The number of benzene rings is 2. The molecule has 0 aromatic heterocycles. The fourth-order valence-electron chi connectivity index (χ4n) is 2.37. The highest BCUT2D eigenvalue weighted by molar-refractivity contribution is 7.99. The van der Waals surface area contributed by atoms with Gasteiger partial charge in [0.15, 0.2) is 11.5 Å². The number of thioether (sulfide) groups is 1. The SMILES string of the molecule is CCCCOc1ccc(CNC(=O)CCSc2ccccc2F)cc1OC. The van der Waals surface area contributed by atoms with E-state index in [4.69, 9.17) is 9.47 Å². The Morgan fingerprint density at radius 2 is 2.00 bits per heavy atom. The molecule has 0 spiro atoms. The minimum Gasteiger partial charge on any atom is -0.493 e. The molecule has 27 heavy (non-hydrogen) atoms. The van der Waals surface area contributed by atoms with Crippen molar-refractivity contribution in [1.29, 1.82) is 0 Å². The predicted molar refractivity (Wildman–Crippen MR) is 107 cm³/mol. The van der Waals surface area contributed by atoms with Gasteiger partial charge in [0.1, 0.15) is 5.82 Å². The van der Waals surface area contributed by atoms with Crippen LogP contribution in [0.15, 0.2) is 47.4 Å². The zero-order valence-corrected chi connectivity index (χ0v) is 16.6. The summed E-state index contributed by atoms with van der Waals surface area (Å²) in [6.45, 7) is 3.18. The Kier molecular flexibility index (Phi) is 8.98. The maximum Gasteiger partial charge on any atom is 0.221 e. The number of carbonyl (C=O) groups excluding carboxylic acids is 1. The molecule has 1 amide bonds. The van der Waals surface area contributed by atoms with Crippen molar-refractivity contribution in [2.75, 3.05) is 19.5 Å². The molecule has 0 bridgehead atoms. The molecule has 0 aliphatic heterocycles. The van der Waals surface area contributed by atoms with Crippen LogP contribution in [0.4, 0.5) is 4.39 Å². The second-order valence-corrected chi connectivity index (χ2v) is 7.13. The van der Waals surface area contributed by atoms with Crippen LogP contribution in [0.2, 0.25) is 0 Å². The number of carbonyl (C=O) groups is 1. The minimum atomic E-state index is -0.253. The first-order valence-electron chi connectivity index (χ1n) is 9.07. The van der Waals surface area contributed by atoms with E-state index >= 15 is 0 Å². The molecular formula is C21H26FNO3S. The van der Waals surface area contributed by atoms with Crippen LogP contribution in [0.25, 0.3) is 0 Å². The number of methoxy groups -OCH3 is 1. The van der Waals surface area contributed by atoms with E-state index in [1.54, 1.807) is 25.3 Å². The molecule has 6 heteroatoms. The summed E-state index contributed by atoms with van der Waals surface area (Å²) < 4.78 is 24.6. The van der Waals surface area contributed by atoms with E-state index in [2.05, 4.69) is 12.2 Å². The van der Waals surface area contributed by atoms with Crippen LogP contribution in [-0.2, 0) is 11.3 Å². The van der Waals surface area contributed by atoms with E-state index in [-0.39, 0.29) is 11.7 Å². The second kappa shape index (κ2) is 11.5. The van der Waals surface area contributed by atoms with Crippen LogP contribution in [0, 0.1) is 5.82 Å². The van der Waals surface area contributed by atoms with Gasteiger partial charge in [-0.2, -0.15) is 0 Å². The summed E-state index contributed by atoms with van der Waals surface area (Å²) in [4.78, 5) is 12.6. The minimum absolute atomic E-state index is 0.0684. The Morgan fingerprint density at radius 3 is 2.74 bits per heavy atom. The van der Waals surface area contributed by atoms with Gasteiger partial charge in [0.2, 0.25) is 5.91 Å². The van der Waals surface area contributed by atoms with Crippen molar-refractivity contribution in [2.45, 2.75) is 37.6 Å². The highest BCUT2D eigenvalue weighted by atomic mass is 32.2. The second-order valence-electron chi connectivity index (χ2n) is 5.99. The topological polar surface area (TPSA) is 47.6 Å². The Balaban J connectivity index is 1.78. The monoisotopic (exact) mass is 391 g/mol. The van der Waals surface area contributed by atoms with Crippen LogP contribution < -0.4 is 14.8 Å². The molecule has 2 rings (SSSR count). The summed E-state index contributed by atoms with van der Waals surface area (Å²) in [6.07, 6.45) is 2.39. The van der Waals surface area contributed by atoms with Crippen molar-refractivity contribution in [2.24, 2.45) is 0 Å². The highest BCUT2D eigenvalue weighted by Crippen LogP contribution is 2.28. The molecule has 0 aliphatic rings. The van der Waals surface area contributed by atoms with E-state index in [1.807, 2.05) is 18.2 Å². The molecule has 2 aromatic carbocycles. The van der Waals surface area contributed by atoms with Gasteiger partial charge in [0.25, 0.3) is 0 Å². The van der Waals surface area contributed by atoms with E-state index in [1.165, 1.54) is 17.8 Å².